The van der Waals surface area contributed by atoms with E-state index in [0.29, 0.717) is 19.3 Å². The van der Waals surface area contributed by atoms with Crippen LogP contribution in [0.2, 0.25) is 0 Å². The number of allylic oxidation sites excluding steroid dienone is 2. The van der Waals surface area contributed by atoms with E-state index in [0.717, 1.165) is 63.4 Å². The average molecular weight is 539 g/mol. The van der Waals surface area contributed by atoms with Crippen molar-refractivity contribution in [2.75, 3.05) is 13.2 Å². The Kier molecular flexibility index (Phi) is 11.8. The molecule has 2 fully saturated rings. The Morgan fingerprint density at radius 2 is 1.56 bits per heavy atom. The van der Waals surface area contributed by atoms with Gasteiger partial charge in [-0.3, -0.25) is 14.4 Å². The summed E-state index contributed by atoms with van der Waals surface area (Å²) >= 11 is 0. The number of aliphatic hydroxyl groups excluding tert-OH is 1. The fourth-order valence-corrected chi connectivity index (χ4v) is 6.00. The predicted molar refractivity (Wildman–Crippen MR) is 153 cm³/mol. The third kappa shape index (κ3) is 9.06. The van der Waals surface area contributed by atoms with Crippen molar-refractivity contribution in [2.24, 2.45) is 11.8 Å². The molecule has 0 bridgehead atoms. The lowest BCUT2D eigenvalue weighted by Gasteiger charge is -2.33. The van der Waals surface area contributed by atoms with Gasteiger partial charge in [-0.1, -0.05) is 68.2 Å². The Balaban J connectivity index is 1.62. The Morgan fingerprint density at radius 1 is 0.923 bits per heavy atom. The highest BCUT2D eigenvalue weighted by molar-refractivity contribution is 5.86. The molecule has 0 spiro atoms. The SMILES string of the molecule is C=CCC[C@H](Cc1ccccc1)C(=O)OCC1(NC(=O)[C@@H](CC=C)CC(=O)NC2(CO)CCCC2)CCCC1. The maximum atomic E-state index is 13.4. The molecule has 0 unspecified atom stereocenters. The summed E-state index contributed by atoms with van der Waals surface area (Å²) in [5.41, 5.74) is -0.121. The first-order chi connectivity index (χ1) is 18.8. The van der Waals surface area contributed by atoms with Gasteiger partial charge in [-0.25, -0.2) is 0 Å². The summed E-state index contributed by atoms with van der Waals surface area (Å²) in [5.74, 6) is -1.57. The molecule has 2 aliphatic rings. The fourth-order valence-electron chi connectivity index (χ4n) is 6.00. The molecule has 7 heteroatoms. The molecule has 0 heterocycles. The molecule has 2 aliphatic carbocycles. The van der Waals surface area contributed by atoms with Gasteiger partial charge in [0.2, 0.25) is 11.8 Å². The van der Waals surface area contributed by atoms with Crippen molar-refractivity contribution in [3.8, 4) is 0 Å². The van der Waals surface area contributed by atoms with Crippen LogP contribution in [0.25, 0.3) is 0 Å². The first-order valence-corrected chi connectivity index (χ1v) is 14.5. The predicted octanol–water partition coefficient (Wildman–Crippen LogP) is 4.79. The van der Waals surface area contributed by atoms with Crippen LogP contribution in [-0.4, -0.2) is 47.2 Å². The summed E-state index contributed by atoms with van der Waals surface area (Å²) < 4.78 is 5.88. The number of hydrogen-bond acceptors (Lipinski definition) is 5. The maximum absolute atomic E-state index is 13.4. The lowest BCUT2D eigenvalue weighted by atomic mass is 9.92. The van der Waals surface area contributed by atoms with Crippen molar-refractivity contribution < 1.29 is 24.2 Å². The third-order valence-corrected chi connectivity index (χ3v) is 8.34. The lowest BCUT2D eigenvalue weighted by molar-refractivity contribution is -0.152. The number of hydrogen-bond donors (Lipinski definition) is 3. The highest BCUT2D eigenvalue weighted by Gasteiger charge is 2.40. The van der Waals surface area contributed by atoms with Gasteiger partial charge in [0.1, 0.15) is 6.61 Å². The number of carbonyl (C=O) groups is 3. The zero-order chi connectivity index (χ0) is 28.1. The van der Waals surface area contributed by atoms with Crippen LogP contribution in [0, 0.1) is 11.8 Å². The van der Waals surface area contributed by atoms with Crippen molar-refractivity contribution >= 4 is 17.8 Å². The fraction of sp³-hybridized carbons (Fsp3) is 0.594. The number of esters is 1. The Morgan fingerprint density at radius 3 is 2.15 bits per heavy atom. The van der Waals surface area contributed by atoms with E-state index in [4.69, 9.17) is 4.74 Å². The molecule has 7 nitrogen and oxygen atoms in total. The van der Waals surface area contributed by atoms with E-state index in [1.54, 1.807) is 6.08 Å². The zero-order valence-corrected chi connectivity index (χ0v) is 23.3. The second-order valence-corrected chi connectivity index (χ2v) is 11.5. The van der Waals surface area contributed by atoms with Crippen molar-refractivity contribution in [3.05, 3.63) is 61.2 Å². The van der Waals surface area contributed by atoms with E-state index >= 15 is 0 Å². The highest BCUT2D eigenvalue weighted by atomic mass is 16.5. The number of nitrogens with one attached hydrogen (secondary N) is 2. The molecule has 214 valence electrons. The second-order valence-electron chi connectivity index (χ2n) is 11.5. The molecular weight excluding hydrogens is 492 g/mol. The van der Waals surface area contributed by atoms with E-state index < -0.39 is 17.0 Å². The van der Waals surface area contributed by atoms with Gasteiger partial charge >= 0.3 is 5.97 Å². The molecule has 0 aromatic heterocycles. The van der Waals surface area contributed by atoms with Crippen LogP contribution in [0.1, 0.15) is 82.6 Å². The number of ether oxygens (including phenoxy) is 1. The molecule has 39 heavy (non-hydrogen) atoms. The van der Waals surface area contributed by atoms with Crippen molar-refractivity contribution in [1.82, 2.24) is 10.6 Å². The minimum atomic E-state index is -0.629. The summed E-state index contributed by atoms with van der Waals surface area (Å²) in [4.78, 5) is 39.5. The summed E-state index contributed by atoms with van der Waals surface area (Å²) in [5, 5.41) is 16.0. The van der Waals surface area contributed by atoms with Gasteiger partial charge in [-0.15, -0.1) is 13.2 Å². The molecule has 3 rings (SSSR count). The molecular formula is C32H46N2O5. The normalized spacial score (nSPS) is 19.0. The third-order valence-electron chi connectivity index (χ3n) is 8.34. The Bertz CT molecular complexity index is 964. The maximum Gasteiger partial charge on any atom is 0.309 e. The van der Waals surface area contributed by atoms with Gasteiger partial charge in [-0.05, 0) is 56.9 Å². The minimum Gasteiger partial charge on any atom is -0.463 e. The Hall–Kier alpha value is -2.93. The van der Waals surface area contributed by atoms with E-state index in [1.807, 2.05) is 36.4 Å². The lowest BCUT2D eigenvalue weighted by Crippen LogP contribution is -2.53. The van der Waals surface area contributed by atoms with Crippen LogP contribution in [0.5, 0.6) is 0 Å². The highest BCUT2D eigenvalue weighted by Crippen LogP contribution is 2.32. The zero-order valence-electron chi connectivity index (χ0n) is 23.3. The van der Waals surface area contributed by atoms with Crippen molar-refractivity contribution in [1.29, 1.82) is 0 Å². The first kappa shape index (κ1) is 30.6. The molecule has 1 aromatic carbocycles. The van der Waals surface area contributed by atoms with Crippen molar-refractivity contribution in [3.63, 3.8) is 0 Å². The molecule has 2 amide bonds. The van der Waals surface area contributed by atoms with Crippen LogP contribution < -0.4 is 10.6 Å². The topological polar surface area (TPSA) is 105 Å². The van der Waals surface area contributed by atoms with Crippen molar-refractivity contribution in [2.45, 2.75) is 94.5 Å². The monoisotopic (exact) mass is 538 g/mol. The van der Waals surface area contributed by atoms with Gasteiger partial charge < -0.3 is 20.5 Å². The molecule has 0 saturated heterocycles. The smallest absolute Gasteiger partial charge is 0.309 e. The van der Waals surface area contributed by atoms with E-state index in [1.165, 1.54) is 0 Å². The van der Waals surface area contributed by atoms with E-state index in [-0.39, 0.29) is 43.3 Å². The summed E-state index contributed by atoms with van der Waals surface area (Å²) in [7, 11) is 0. The van der Waals surface area contributed by atoms with E-state index in [9.17, 15) is 19.5 Å². The number of benzene rings is 1. The van der Waals surface area contributed by atoms with Crippen LogP contribution in [0.3, 0.4) is 0 Å². The van der Waals surface area contributed by atoms with Crippen LogP contribution in [-0.2, 0) is 25.5 Å². The molecule has 1 aromatic rings. The van der Waals surface area contributed by atoms with Crippen LogP contribution in [0.15, 0.2) is 55.6 Å². The molecule has 2 atom stereocenters. The summed E-state index contributed by atoms with van der Waals surface area (Å²) in [6.07, 6.45) is 12.6. The van der Waals surface area contributed by atoms with Gasteiger partial charge in [0.25, 0.3) is 0 Å². The largest absolute Gasteiger partial charge is 0.463 e. The second kappa shape index (κ2) is 15.0. The number of carbonyl (C=O) groups excluding carboxylic acids is 3. The quantitative estimate of drug-likeness (QED) is 0.207. The van der Waals surface area contributed by atoms with Gasteiger partial charge in [0.05, 0.1) is 29.5 Å². The molecule has 0 radical (unpaired) electrons. The number of amides is 2. The molecule has 2 saturated carbocycles. The first-order valence-electron chi connectivity index (χ1n) is 14.5. The summed E-state index contributed by atoms with van der Waals surface area (Å²) in [6.45, 7) is 7.60. The van der Waals surface area contributed by atoms with Crippen LogP contribution >= 0.6 is 0 Å². The minimum absolute atomic E-state index is 0.0240. The number of rotatable bonds is 16. The Labute approximate surface area is 233 Å². The van der Waals surface area contributed by atoms with Gasteiger partial charge in [0, 0.05) is 6.42 Å². The molecule has 0 aliphatic heterocycles. The standard InChI is InChI=1S/C32H46N2O5/c1-3-5-16-27(21-25-14-7-6-8-15-25)30(38)39-24-32(19-11-12-20-32)34-29(37)26(13-4-2)22-28(36)33-31(23-35)17-9-10-18-31/h3-4,6-8,14-15,26-27,35H,1-2,5,9-13,16-24H2,(H,33,36)(H,34,37)/t26-,27+/m0/s1. The van der Waals surface area contributed by atoms with E-state index in [2.05, 4.69) is 23.8 Å². The molecule has 3 N–H and O–H groups in total. The van der Waals surface area contributed by atoms with Crippen LogP contribution in [0.4, 0.5) is 0 Å². The number of aliphatic hydroxyl groups is 1. The summed E-state index contributed by atoms with van der Waals surface area (Å²) in [6, 6.07) is 9.91. The van der Waals surface area contributed by atoms with Gasteiger partial charge in [-0.2, -0.15) is 0 Å². The van der Waals surface area contributed by atoms with Gasteiger partial charge in [0.15, 0.2) is 0 Å². The average Bonchev–Trinajstić information content (AvgIpc) is 3.60.